The van der Waals surface area contributed by atoms with Crippen LogP contribution in [0.4, 0.5) is 0 Å². The van der Waals surface area contributed by atoms with Crippen molar-refractivity contribution in [3.05, 3.63) is 0 Å². The van der Waals surface area contributed by atoms with Gasteiger partial charge in [-0.15, -0.1) is 0 Å². The number of hydrogen-bond acceptors (Lipinski definition) is 3. The number of nitrogens with one attached hydrogen (secondary N) is 2. The highest BCUT2D eigenvalue weighted by atomic mass is 16.2. The quantitative estimate of drug-likeness (QED) is 0.784. The molecule has 4 heteroatoms. The molecule has 2 fully saturated rings. The van der Waals surface area contributed by atoms with Crippen molar-refractivity contribution in [1.29, 1.82) is 0 Å². The van der Waals surface area contributed by atoms with Crippen molar-refractivity contribution in [2.75, 3.05) is 6.54 Å². The molecular formula is C16H28N2O2. The van der Waals surface area contributed by atoms with Crippen LogP contribution in [0.3, 0.4) is 0 Å². The van der Waals surface area contributed by atoms with Crippen molar-refractivity contribution in [1.82, 2.24) is 10.6 Å². The van der Waals surface area contributed by atoms with Crippen molar-refractivity contribution in [2.24, 2.45) is 5.92 Å². The summed E-state index contributed by atoms with van der Waals surface area (Å²) in [6.07, 6.45) is 9.31. The molecule has 4 nitrogen and oxygen atoms in total. The van der Waals surface area contributed by atoms with Crippen LogP contribution >= 0.6 is 0 Å². The Morgan fingerprint density at radius 3 is 2.65 bits per heavy atom. The van der Waals surface area contributed by atoms with Gasteiger partial charge in [0.1, 0.15) is 5.78 Å². The van der Waals surface area contributed by atoms with Gasteiger partial charge in [0, 0.05) is 24.9 Å². The normalized spacial score (nSPS) is 28.1. The Morgan fingerprint density at radius 2 is 2.00 bits per heavy atom. The fourth-order valence-corrected chi connectivity index (χ4v) is 3.33. The molecule has 1 aliphatic carbocycles. The molecule has 0 aromatic rings. The minimum atomic E-state index is -0.0593. The first kappa shape index (κ1) is 15.5. The predicted molar refractivity (Wildman–Crippen MR) is 79.4 cm³/mol. The van der Waals surface area contributed by atoms with E-state index in [1.54, 1.807) is 0 Å². The highest BCUT2D eigenvalue weighted by Crippen LogP contribution is 2.25. The lowest BCUT2D eigenvalue weighted by Crippen LogP contribution is -2.58. The van der Waals surface area contributed by atoms with Crippen LogP contribution in [-0.2, 0) is 9.59 Å². The van der Waals surface area contributed by atoms with Crippen LogP contribution in [0.15, 0.2) is 0 Å². The van der Waals surface area contributed by atoms with Gasteiger partial charge in [-0.1, -0.05) is 39.0 Å². The largest absolute Gasteiger partial charge is 0.350 e. The summed E-state index contributed by atoms with van der Waals surface area (Å²) in [6.45, 7) is 2.87. The summed E-state index contributed by atoms with van der Waals surface area (Å²) < 4.78 is 0. The molecule has 0 radical (unpaired) electrons. The van der Waals surface area contributed by atoms with Gasteiger partial charge in [0.05, 0.1) is 6.04 Å². The van der Waals surface area contributed by atoms with Gasteiger partial charge in [-0.25, -0.2) is 0 Å². The molecule has 2 rings (SSSR count). The summed E-state index contributed by atoms with van der Waals surface area (Å²) in [5, 5.41) is 6.32. The second-order valence-corrected chi connectivity index (χ2v) is 6.31. The molecule has 1 saturated carbocycles. The van der Waals surface area contributed by atoms with E-state index in [0.717, 1.165) is 38.6 Å². The highest BCUT2D eigenvalue weighted by Gasteiger charge is 2.30. The first-order chi connectivity index (χ1) is 9.70. The Bertz CT molecular complexity index is 337. The lowest BCUT2D eigenvalue weighted by molar-refractivity contribution is -0.127. The van der Waals surface area contributed by atoms with Crippen molar-refractivity contribution >= 4 is 11.7 Å². The SMILES string of the molecule is CCCC[C@@H]1NC[C@H](CC(=O)C2CCCCC2)NC1=O. The molecule has 0 aromatic heterocycles. The summed E-state index contributed by atoms with van der Waals surface area (Å²) in [4.78, 5) is 24.2. The Morgan fingerprint density at radius 1 is 1.25 bits per heavy atom. The molecule has 0 spiro atoms. The fourth-order valence-electron chi connectivity index (χ4n) is 3.33. The number of unbranched alkanes of at least 4 members (excludes halogenated alkanes) is 1. The molecule has 1 saturated heterocycles. The average molecular weight is 280 g/mol. The van der Waals surface area contributed by atoms with Gasteiger partial charge in [-0.05, 0) is 19.3 Å². The molecule has 1 heterocycles. The maximum absolute atomic E-state index is 12.2. The van der Waals surface area contributed by atoms with E-state index in [1.165, 1.54) is 19.3 Å². The maximum atomic E-state index is 12.2. The third-order valence-electron chi connectivity index (χ3n) is 4.63. The number of carbonyl (C=O) groups excluding carboxylic acids is 2. The van der Waals surface area contributed by atoms with E-state index in [0.29, 0.717) is 12.2 Å². The van der Waals surface area contributed by atoms with Gasteiger partial charge in [0.25, 0.3) is 0 Å². The molecule has 2 N–H and O–H groups in total. The number of ketones is 1. The predicted octanol–water partition coefficient (Wildman–Crippen LogP) is 2.17. The smallest absolute Gasteiger partial charge is 0.237 e. The standard InChI is InChI=1S/C16H28N2O2/c1-2-3-9-14-16(20)18-13(11-17-14)10-15(19)12-7-5-4-6-8-12/h12-14,17H,2-11H2,1H3,(H,18,20)/t13-,14-/m0/s1. The second kappa shape index (κ2) is 7.77. The first-order valence-electron chi connectivity index (χ1n) is 8.27. The highest BCUT2D eigenvalue weighted by molar-refractivity contribution is 5.85. The molecule has 20 heavy (non-hydrogen) atoms. The van der Waals surface area contributed by atoms with Crippen LogP contribution in [0.25, 0.3) is 0 Å². The number of carbonyl (C=O) groups is 2. The topological polar surface area (TPSA) is 58.2 Å². The first-order valence-corrected chi connectivity index (χ1v) is 8.27. The third kappa shape index (κ3) is 4.30. The van der Waals surface area contributed by atoms with Gasteiger partial charge in [0.2, 0.25) is 5.91 Å². The maximum Gasteiger partial charge on any atom is 0.237 e. The van der Waals surface area contributed by atoms with Crippen LogP contribution < -0.4 is 10.6 Å². The number of piperazine rings is 1. The average Bonchev–Trinajstić information content (AvgIpc) is 2.47. The summed E-state index contributed by atoms with van der Waals surface area (Å²) in [6, 6.07) is -0.0641. The van der Waals surface area contributed by atoms with E-state index in [-0.39, 0.29) is 23.9 Å². The molecule has 114 valence electrons. The van der Waals surface area contributed by atoms with Crippen LogP contribution in [-0.4, -0.2) is 30.3 Å². The van der Waals surface area contributed by atoms with Gasteiger partial charge in [-0.3, -0.25) is 9.59 Å². The van der Waals surface area contributed by atoms with Crippen molar-refractivity contribution in [3.8, 4) is 0 Å². The van der Waals surface area contributed by atoms with Crippen LogP contribution in [0, 0.1) is 5.92 Å². The summed E-state index contributed by atoms with van der Waals surface area (Å²) in [5.74, 6) is 0.674. The van der Waals surface area contributed by atoms with Gasteiger partial charge >= 0.3 is 0 Å². The Balaban J connectivity index is 1.74. The lowest BCUT2D eigenvalue weighted by Gasteiger charge is -2.31. The third-order valence-corrected chi connectivity index (χ3v) is 4.63. The Hall–Kier alpha value is -0.900. The van der Waals surface area contributed by atoms with E-state index in [2.05, 4.69) is 17.6 Å². The minimum absolute atomic E-state index is 0.00481. The molecule has 2 aliphatic rings. The van der Waals surface area contributed by atoms with Gasteiger partial charge in [-0.2, -0.15) is 0 Å². The molecule has 1 aliphatic heterocycles. The summed E-state index contributed by atoms with van der Waals surface area (Å²) in [7, 11) is 0. The van der Waals surface area contributed by atoms with Crippen molar-refractivity contribution in [3.63, 3.8) is 0 Å². The monoisotopic (exact) mass is 280 g/mol. The minimum Gasteiger partial charge on any atom is -0.350 e. The number of rotatable bonds is 6. The molecule has 0 aromatic carbocycles. The summed E-state index contributed by atoms with van der Waals surface area (Å²) in [5.41, 5.74) is 0. The number of amides is 1. The number of hydrogen-bond donors (Lipinski definition) is 2. The van der Waals surface area contributed by atoms with E-state index < -0.39 is 0 Å². The summed E-state index contributed by atoms with van der Waals surface area (Å²) >= 11 is 0. The zero-order valence-electron chi connectivity index (χ0n) is 12.6. The molecule has 0 bridgehead atoms. The molecular weight excluding hydrogens is 252 g/mol. The molecule has 2 atom stereocenters. The van der Waals surface area contributed by atoms with E-state index >= 15 is 0 Å². The van der Waals surface area contributed by atoms with Crippen LogP contribution in [0.2, 0.25) is 0 Å². The lowest BCUT2D eigenvalue weighted by atomic mass is 9.84. The number of Topliss-reactive ketones (excluding diaryl/α,β-unsaturated/α-hetero) is 1. The zero-order chi connectivity index (χ0) is 14.4. The van der Waals surface area contributed by atoms with Crippen LogP contribution in [0.1, 0.15) is 64.7 Å². The zero-order valence-corrected chi connectivity index (χ0v) is 12.6. The van der Waals surface area contributed by atoms with Crippen LogP contribution in [0.5, 0.6) is 0 Å². The Labute approximate surface area is 122 Å². The Kier molecular flexibility index (Phi) is 6.02. The van der Waals surface area contributed by atoms with E-state index in [4.69, 9.17) is 0 Å². The van der Waals surface area contributed by atoms with Crippen molar-refractivity contribution in [2.45, 2.75) is 76.8 Å². The van der Waals surface area contributed by atoms with E-state index in [1.807, 2.05) is 0 Å². The fraction of sp³-hybridized carbons (Fsp3) is 0.875. The molecule has 1 amide bonds. The van der Waals surface area contributed by atoms with Gasteiger partial charge in [0.15, 0.2) is 0 Å². The molecule has 0 unspecified atom stereocenters. The van der Waals surface area contributed by atoms with Crippen molar-refractivity contribution < 1.29 is 9.59 Å². The second-order valence-electron chi connectivity index (χ2n) is 6.31. The van der Waals surface area contributed by atoms with Gasteiger partial charge < -0.3 is 10.6 Å². The van der Waals surface area contributed by atoms with E-state index in [9.17, 15) is 9.59 Å².